The Morgan fingerprint density at radius 2 is 1.77 bits per heavy atom. The summed E-state index contributed by atoms with van der Waals surface area (Å²) in [6, 6.07) is 7.92. The van der Waals surface area contributed by atoms with Crippen molar-refractivity contribution in [3.05, 3.63) is 52.9 Å². The van der Waals surface area contributed by atoms with Gasteiger partial charge in [0.25, 0.3) is 0 Å². The topological polar surface area (TPSA) is 92.7 Å². The molecule has 1 aromatic carbocycles. The number of nitrogens with one attached hydrogen (secondary N) is 1. The fourth-order valence-corrected chi connectivity index (χ4v) is 4.60. The Hall–Kier alpha value is -2.93. The molecule has 7 heteroatoms. The van der Waals surface area contributed by atoms with Gasteiger partial charge in [0.1, 0.15) is 10.6 Å². The number of aryl methyl sites for hydroxylation is 1. The standard InChI is InChI=1S/C24H27NO5S/c1-4-15-9-11-16(12-10-15)19-13-31-22(20(19)24(29)30-14(2)3)25-21(26)17-7-5-6-8-18(17)23(27)28/h5-6,9-14,17-18H,4,7-8H2,1-3H3,(H,25,26)(H,27,28)/t17-,18+/m0/s1. The second-order valence-electron chi connectivity index (χ2n) is 7.84. The van der Waals surface area contributed by atoms with Crippen LogP contribution in [0, 0.1) is 11.8 Å². The van der Waals surface area contributed by atoms with Crippen molar-refractivity contribution in [1.29, 1.82) is 0 Å². The Labute approximate surface area is 185 Å². The molecule has 1 amide bonds. The van der Waals surface area contributed by atoms with Gasteiger partial charge in [-0.05, 0) is 44.2 Å². The molecule has 2 N–H and O–H groups in total. The zero-order chi connectivity index (χ0) is 22.5. The summed E-state index contributed by atoms with van der Waals surface area (Å²) >= 11 is 1.24. The molecule has 0 saturated heterocycles. The van der Waals surface area contributed by atoms with E-state index in [-0.39, 0.29) is 6.10 Å². The summed E-state index contributed by atoms with van der Waals surface area (Å²) in [7, 11) is 0. The molecule has 164 valence electrons. The maximum Gasteiger partial charge on any atom is 0.342 e. The van der Waals surface area contributed by atoms with E-state index in [1.165, 1.54) is 16.9 Å². The quantitative estimate of drug-likeness (QED) is 0.458. The Morgan fingerprint density at radius 3 is 2.35 bits per heavy atom. The molecule has 2 aromatic rings. The molecule has 1 aliphatic carbocycles. The molecule has 31 heavy (non-hydrogen) atoms. The van der Waals surface area contributed by atoms with Gasteiger partial charge < -0.3 is 15.2 Å². The first-order valence-corrected chi connectivity index (χ1v) is 11.3. The molecule has 0 fully saturated rings. The number of hydrogen-bond donors (Lipinski definition) is 2. The van der Waals surface area contributed by atoms with E-state index in [2.05, 4.69) is 12.2 Å². The van der Waals surface area contributed by atoms with Gasteiger partial charge in [0, 0.05) is 10.9 Å². The normalized spacial score (nSPS) is 18.1. The number of thiophene rings is 1. The largest absolute Gasteiger partial charge is 0.481 e. The van der Waals surface area contributed by atoms with Crippen molar-refractivity contribution in [2.45, 2.75) is 46.1 Å². The van der Waals surface area contributed by atoms with Crippen molar-refractivity contribution in [1.82, 2.24) is 0 Å². The minimum Gasteiger partial charge on any atom is -0.481 e. The van der Waals surface area contributed by atoms with Gasteiger partial charge in [-0.1, -0.05) is 43.3 Å². The van der Waals surface area contributed by atoms with Gasteiger partial charge in [-0.2, -0.15) is 0 Å². The number of amides is 1. The third-order valence-corrected chi connectivity index (χ3v) is 6.23. The number of rotatable bonds is 7. The molecule has 1 aliphatic rings. The Balaban J connectivity index is 1.94. The molecule has 0 unspecified atom stereocenters. The lowest BCUT2D eigenvalue weighted by atomic mass is 9.82. The lowest BCUT2D eigenvalue weighted by Crippen LogP contribution is -2.34. The molecule has 0 bridgehead atoms. The van der Waals surface area contributed by atoms with Crippen LogP contribution in [-0.2, 0) is 20.7 Å². The van der Waals surface area contributed by atoms with E-state index in [9.17, 15) is 19.5 Å². The maximum absolute atomic E-state index is 13.0. The number of anilines is 1. The van der Waals surface area contributed by atoms with E-state index >= 15 is 0 Å². The second-order valence-corrected chi connectivity index (χ2v) is 8.72. The minimum atomic E-state index is -0.994. The van der Waals surface area contributed by atoms with E-state index < -0.39 is 29.7 Å². The van der Waals surface area contributed by atoms with Crippen molar-refractivity contribution in [2.24, 2.45) is 11.8 Å². The summed E-state index contributed by atoms with van der Waals surface area (Å²) in [4.78, 5) is 37.4. The van der Waals surface area contributed by atoms with Crippen LogP contribution in [0.25, 0.3) is 11.1 Å². The highest BCUT2D eigenvalue weighted by molar-refractivity contribution is 7.15. The van der Waals surface area contributed by atoms with Gasteiger partial charge in [-0.25, -0.2) is 4.79 Å². The average Bonchev–Trinajstić information content (AvgIpc) is 3.16. The highest BCUT2D eigenvalue weighted by atomic mass is 32.1. The summed E-state index contributed by atoms with van der Waals surface area (Å²) in [6.45, 7) is 5.61. The highest BCUT2D eigenvalue weighted by Crippen LogP contribution is 2.37. The van der Waals surface area contributed by atoms with Crippen LogP contribution in [0.5, 0.6) is 0 Å². The van der Waals surface area contributed by atoms with Crippen LogP contribution >= 0.6 is 11.3 Å². The van der Waals surface area contributed by atoms with Gasteiger partial charge in [0.15, 0.2) is 0 Å². The van der Waals surface area contributed by atoms with E-state index in [4.69, 9.17) is 4.74 Å². The van der Waals surface area contributed by atoms with E-state index in [1.807, 2.05) is 35.7 Å². The monoisotopic (exact) mass is 441 g/mol. The second kappa shape index (κ2) is 9.92. The molecular weight excluding hydrogens is 414 g/mol. The van der Waals surface area contributed by atoms with Crippen molar-refractivity contribution in [2.75, 3.05) is 5.32 Å². The number of carbonyl (C=O) groups excluding carboxylic acids is 2. The molecule has 6 nitrogen and oxygen atoms in total. The Kier molecular flexibility index (Phi) is 7.28. The van der Waals surface area contributed by atoms with Crippen molar-refractivity contribution >= 4 is 34.2 Å². The first kappa shape index (κ1) is 22.7. The summed E-state index contributed by atoms with van der Waals surface area (Å²) in [5.74, 6) is -3.38. The highest BCUT2D eigenvalue weighted by Gasteiger charge is 2.35. The van der Waals surface area contributed by atoms with Crippen LogP contribution in [0.2, 0.25) is 0 Å². The number of carboxylic acids is 1. The molecule has 2 atom stereocenters. The lowest BCUT2D eigenvalue weighted by molar-refractivity contribution is -0.146. The van der Waals surface area contributed by atoms with Crippen molar-refractivity contribution in [3.63, 3.8) is 0 Å². The SMILES string of the molecule is CCc1ccc(-c2csc(NC(=O)[C@H]3CC=CC[C@H]3C(=O)O)c2C(=O)OC(C)C)cc1. The number of esters is 1. The average molecular weight is 442 g/mol. The predicted molar refractivity (Wildman–Crippen MR) is 121 cm³/mol. The number of aliphatic carboxylic acids is 1. The molecule has 1 aromatic heterocycles. The zero-order valence-electron chi connectivity index (χ0n) is 17.9. The van der Waals surface area contributed by atoms with Crippen LogP contribution in [0.4, 0.5) is 5.00 Å². The fourth-order valence-electron chi connectivity index (χ4n) is 3.64. The number of carbonyl (C=O) groups is 3. The van der Waals surface area contributed by atoms with Crippen LogP contribution in [-0.4, -0.2) is 29.1 Å². The van der Waals surface area contributed by atoms with Gasteiger partial charge in [-0.3, -0.25) is 9.59 Å². The van der Waals surface area contributed by atoms with Crippen LogP contribution in [0.1, 0.15) is 49.5 Å². The molecule has 3 rings (SSSR count). The molecule has 0 radical (unpaired) electrons. The third kappa shape index (κ3) is 5.22. The molecule has 0 aliphatic heterocycles. The predicted octanol–water partition coefficient (Wildman–Crippen LogP) is 5.15. The summed E-state index contributed by atoms with van der Waals surface area (Å²) in [5.41, 5.74) is 3.03. The number of hydrogen-bond acceptors (Lipinski definition) is 5. The number of carboxylic acid groups (broad SMARTS) is 1. The van der Waals surface area contributed by atoms with E-state index in [1.54, 1.807) is 19.9 Å². The smallest absolute Gasteiger partial charge is 0.342 e. The van der Waals surface area contributed by atoms with Crippen molar-refractivity contribution < 1.29 is 24.2 Å². The van der Waals surface area contributed by atoms with Gasteiger partial charge in [0.2, 0.25) is 5.91 Å². The van der Waals surface area contributed by atoms with Gasteiger partial charge in [0.05, 0.1) is 17.9 Å². The van der Waals surface area contributed by atoms with E-state index in [0.717, 1.165) is 12.0 Å². The van der Waals surface area contributed by atoms with Crippen LogP contribution < -0.4 is 5.32 Å². The number of allylic oxidation sites excluding steroid dienone is 2. The lowest BCUT2D eigenvalue weighted by Gasteiger charge is -2.24. The summed E-state index contributed by atoms with van der Waals surface area (Å²) in [6.07, 6.45) is 4.88. The first-order chi connectivity index (χ1) is 14.8. The zero-order valence-corrected chi connectivity index (χ0v) is 18.7. The van der Waals surface area contributed by atoms with Gasteiger partial charge >= 0.3 is 11.9 Å². The maximum atomic E-state index is 13.0. The Morgan fingerprint density at radius 1 is 1.13 bits per heavy atom. The summed E-state index contributed by atoms with van der Waals surface area (Å²) in [5, 5.41) is 14.5. The first-order valence-electron chi connectivity index (χ1n) is 10.4. The summed E-state index contributed by atoms with van der Waals surface area (Å²) < 4.78 is 5.44. The minimum absolute atomic E-state index is 0.300. The molecule has 1 heterocycles. The van der Waals surface area contributed by atoms with Crippen LogP contribution in [0.15, 0.2) is 41.8 Å². The Bertz CT molecular complexity index is 990. The fraction of sp³-hybridized carbons (Fsp3) is 0.375. The third-order valence-electron chi connectivity index (χ3n) is 5.33. The van der Waals surface area contributed by atoms with Gasteiger partial charge in [-0.15, -0.1) is 11.3 Å². The number of benzene rings is 1. The van der Waals surface area contributed by atoms with E-state index in [0.29, 0.717) is 29.0 Å². The molecular formula is C24H27NO5S. The number of ether oxygens (including phenoxy) is 1. The van der Waals surface area contributed by atoms with Crippen molar-refractivity contribution in [3.8, 4) is 11.1 Å². The van der Waals surface area contributed by atoms with Crippen LogP contribution in [0.3, 0.4) is 0 Å². The molecule has 0 spiro atoms. The molecule has 0 saturated carbocycles.